The van der Waals surface area contributed by atoms with Crippen LogP contribution in [0.5, 0.6) is 0 Å². The fourth-order valence-electron chi connectivity index (χ4n) is 2.77. The maximum absolute atomic E-state index is 14.2. The van der Waals surface area contributed by atoms with E-state index in [4.69, 9.17) is 0 Å². The molecule has 1 aromatic rings. The average molecular weight is 249 g/mol. The Hall–Kier alpha value is -1.29. The third-order valence-corrected chi connectivity index (χ3v) is 3.95. The summed E-state index contributed by atoms with van der Waals surface area (Å²) in [5, 5.41) is 3.27. The number of nitrogens with zero attached hydrogens (tertiary/aromatic N) is 2. The summed E-state index contributed by atoms with van der Waals surface area (Å²) < 4.78 is 14.2. The summed E-state index contributed by atoms with van der Waals surface area (Å²) in [4.78, 5) is 4.46. The zero-order valence-electron chi connectivity index (χ0n) is 10.9. The lowest BCUT2D eigenvalue weighted by Crippen LogP contribution is -2.44. The van der Waals surface area contributed by atoms with Gasteiger partial charge in [-0.25, -0.2) is 4.39 Å². The molecule has 0 atom stereocenters. The number of hydrogen-bond donors (Lipinski definition) is 1. The second-order valence-corrected chi connectivity index (χ2v) is 5.28. The average Bonchev–Trinajstić information content (AvgIpc) is 2.39. The summed E-state index contributed by atoms with van der Waals surface area (Å²) in [5.41, 5.74) is 3.03. The van der Waals surface area contributed by atoms with Crippen molar-refractivity contribution in [2.24, 2.45) is 0 Å². The van der Waals surface area contributed by atoms with Crippen LogP contribution in [0.1, 0.15) is 12.0 Å². The number of nitrogens with one attached hydrogen (secondary N) is 1. The second-order valence-electron chi connectivity index (χ2n) is 5.28. The van der Waals surface area contributed by atoms with Gasteiger partial charge in [-0.3, -0.25) is 0 Å². The van der Waals surface area contributed by atoms with Crippen molar-refractivity contribution in [3.8, 4) is 0 Å². The van der Waals surface area contributed by atoms with Gasteiger partial charge in [0.25, 0.3) is 0 Å². The predicted molar refractivity (Wildman–Crippen MR) is 72.9 cm³/mol. The van der Waals surface area contributed by atoms with Crippen molar-refractivity contribution >= 4 is 11.4 Å². The number of anilines is 2. The first-order valence-electron chi connectivity index (χ1n) is 6.74. The number of aryl methyl sites for hydroxylation is 1. The molecule has 98 valence electrons. The molecule has 2 aliphatic rings. The maximum Gasteiger partial charge on any atom is 0.148 e. The van der Waals surface area contributed by atoms with Crippen LogP contribution in [0.3, 0.4) is 0 Å². The monoisotopic (exact) mass is 249 g/mol. The van der Waals surface area contributed by atoms with Gasteiger partial charge in [-0.1, -0.05) is 0 Å². The molecule has 0 unspecified atom stereocenters. The van der Waals surface area contributed by atoms with Gasteiger partial charge < -0.3 is 15.1 Å². The minimum absolute atomic E-state index is 0.0901. The Morgan fingerprint density at radius 3 is 2.72 bits per heavy atom. The van der Waals surface area contributed by atoms with Gasteiger partial charge in [-0.05, 0) is 37.6 Å². The smallest absolute Gasteiger partial charge is 0.148 e. The summed E-state index contributed by atoms with van der Waals surface area (Å²) in [5.74, 6) is -0.0901. The first-order valence-corrected chi connectivity index (χ1v) is 6.74. The van der Waals surface area contributed by atoms with Crippen LogP contribution in [-0.2, 0) is 6.42 Å². The molecule has 0 amide bonds. The lowest BCUT2D eigenvalue weighted by Gasteiger charge is -2.35. The number of halogens is 1. The van der Waals surface area contributed by atoms with Crippen molar-refractivity contribution in [1.29, 1.82) is 0 Å². The van der Waals surface area contributed by atoms with Gasteiger partial charge in [0.05, 0.1) is 5.69 Å². The molecule has 0 aliphatic carbocycles. The molecule has 1 aromatic carbocycles. The van der Waals surface area contributed by atoms with E-state index in [1.165, 1.54) is 5.56 Å². The molecule has 1 fully saturated rings. The van der Waals surface area contributed by atoms with Crippen molar-refractivity contribution < 1.29 is 4.39 Å². The van der Waals surface area contributed by atoms with Gasteiger partial charge in [0.2, 0.25) is 0 Å². The largest absolute Gasteiger partial charge is 0.385 e. The Kier molecular flexibility index (Phi) is 3.12. The minimum Gasteiger partial charge on any atom is -0.385 e. The highest BCUT2D eigenvalue weighted by Crippen LogP contribution is 2.30. The Labute approximate surface area is 108 Å². The third kappa shape index (κ3) is 2.17. The number of hydrogen-bond acceptors (Lipinski definition) is 3. The van der Waals surface area contributed by atoms with Crippen LogP contribution in [0.4, 0.5) is 15.8 Å². The molecule has 2 aliphatic heterocycles. The molecule has 3 nitrogen and oxygen atoms in total. The Morgan fingerprint density at radius 2 is 1.94 bits per heavy atom. The van der Waals surface area contributed by atoms with Crippen LogP contribution in [0.15, 0.2) is 12.1 Å². The maximum atomic E-state index is 14.2. The molecule has 3 rings (SSSR count). The Morgan fingerprint density at radius 1 is 1.17 bits per heavy atom. The van der Waals surface area contributed by atoms with Crippen LogP contribution in [-0.4, -0.2) is 44.7 Å². The standard InChI is InChI=1S/C14H20FN3/c1-17-5-7-18(8-6-17)14-9-11-3-2-4-16-13(11)10-12(14)15/h9-10,16H,2-8H2,1H3. The van der Waals surface area contributed by atoms with Gasteiger partial charge in [0.1, 0.15) is 5.82 Å². The summed E-state index contributed by atoms with van der Waals surface area (Å²) in [6, 6.07) is 3.71. The highest BCUT2D eigenvalue weighted by atomic mass is 19.1. The van der Waals surface area contributed by atoms with E-state index in [2.05, 4.69) is 22.2 Å². The molecule has 2 heterocycles. The second kappa shape index (κ2) is 4.76. The number of likely N-dealkylation sites (N-methyl/N-ethyl adjacent to an activating group) is 1. The van der Waals surface area contributed by atoms with E-state index < -0.39 is 0 Å². The molecule has 4 heteroatoms. The van der Waals surface area contributed by atoms with E-state index in [1.807, 2.05) is 6.07 Å². The summed E-state index contributed by atoms with van der Waals surface area (Å²) in [6.45, 7) is 4.81. The molecular weight excluding hydrogens is 229 g/mol. The molecule has 0 saturated carbocycles. The summed E-state index contributed by atoms with van der Waals surface area (Å²) in [6.07, 6.45) is 2.20. The fourth-order valence-corrected chi connectivity index (χ4v) is 2.77. The lowest BCUT2D eigenvalue weighted by atomic mass is 10.0. The van der Waals surface area contributed by atoms with Crippen LogP contribution in [0.25, 0.3) is 0 Å². The van der Waals surface area contributed by atoms with Gasteiger partial charge in [0, 0.05) is 38.4 Å². The molecule has 0 spiro atoms. The first-order chi connectivity index (χ1) is 8.74. The normalized spacial score (nSPS) is 20.4. The molecule has 0 radical (unpaired) electrons. The van der Waals surface area contributed by atoms with Gasteiger partial charge >= 0.3 is 0 Å². The van der Waals surface area contributed by atoms with Crippen molar-refractivity contribution in [3.05, 3.63) is 23.5 Å². The fraction of sp³-hybridized carbons (Fsp3) is 0.571. The molecule has 18 heavy (non-hydrogen) atoms. The van der Waals surface area contributed by atoms with Gasteiger partial charge in [-0.15, -0.1) is 0 Å². The van der Waals surface area contributed by atoms with Gasteiger partial charge in [-0.2, -0.15) is 0 Å². The third-order valence-electron chi connectivity index (χ3n) is 3.95. The van der Waals surface area contributed by atoms with Crippen LogP contribution in [0, 0.1) is 5.82 Å². The Balaban J connectivity index is 1.87. The number of piperazine rings is 1. The van der Waals surface area contributed by atoms with E-state index >= 15 is 0 Å². The van der Waals surface area contributed by atoms with E-state index in [9.17, 15) is 4.39 Å². The number of fused-ring (bicyclic) bond motifs is 1. The topological polar surface area (TPSA) is 18.5 Å². The highest BCUT2D eigenvalue weighted by molar-refractivity contribution is 5.62. The quantitative estimate of drug-likeness (QED) is 0.820. The number of rotatable bonds is 1. The van der Waals surface area contributed by atoms with Crippen LogP contribution >= 0.6 is 0 Å². The Bertz CT molecular complexity index is 439. The van der Waals surface area contributed by atoms with Crippen molar-refractivity contribution in [3.63, 3.8) is 0 Å². The summed E-state index contributed by atoms with van der Waals surface area (Å²) in [7, 11) is 2.12. The minimum atomic E-state index is -0.0901. The van der Waals surface area contributed by atoms with Crippen LogP contribution in [0.2, 0.25) is 0 Å². The van der Waals surface area contributed by atoms with Crippen molar-refractivity contribution in [2.75, 3.05) is 50.0 Å². The molecule has 0 aromatic heterocycles. The lowest BCUT2D eigenvalue weighted by molar-refractivity contribution is 0.311. The first kappa shape index (κ1) is 11.8. The van der Waals surface area contributed by atoms with E-state index in [1.54, 1.807) is 6.07 Å². The molecule has 1 N–H and O–H groups in total. The molecule has 0 bridgehead atoms. The highest BCUT2D eigenvalue weighted by Gasteiger charge is 2.20. The number of benzene rings is 1. The van der Waals surface area contributed by atoms with Crippen LogP contribution < -0.4 is 10.2 Å². The van der Waals surface area contributed by atoms with E-state index in [-0.39, 0.29) is 5.82 Å². The van der Waals surface area contributed by atoms with Gasteiger partial charge in [0.15, 0.2) is 0 Å². The zero-order chi connectivity index (χ0) is 12.5. The predicted octanol–water partition coefficient (Wildman–Crippen LogP) is 1.94. The molecule has 1 saturated heterocycles. The van der Waals surface area contributed by atoms with Crippen molar-refractivity contribution in [1.82, 2.24) is 4.90 Å². The SMILES string of the molecule is CN1CCN(c2cc3c(cc2F)NCCC3)CC1. The van der Waals surface area contributed by atoms with E-state index in [0.29, 0.717) is 0 Å². The molecular formula is C14H20FN3. The zero-order valence-corrected chi connectivity index (χ0v) is 10.9. The van der Waals surface area contributed by atoms with E-state index in [0.717, 1.165) is 56.9 Å². The summed E-state index contributed by atoms with van der Waals surface area (Å²) >= 11 is 0. The van der Waals surface area contributed by atoms with Crippen molar-refractivity contribution in [2.45, 2.75) is 12.8 Å².